The van der Waals surface area contributed by atoms with Crippen LogP contribution in [0.4, 0.5) is 22.0 Å². The van der Waals surface area contributed by atoms with Crippen molar-refractivity contribution < 1.29 is 45.1 Å². The van der Waals surface area contributed by atoms with Crippen LogP contribution >= 0.6 is 7.75 Å². The van der Waals surface area contributed by atoms with Crippen molar-refractivity contribution >= 4 is 13.7 Å². The average molecular weight is 656 g/mol. The van der Waals surface area contributed by atoms with Crippen LogP contribution in [0.3, 0.4) is 0 Å². The number of ether oxygens (including phenoxy) is 1. The zero-order valence-corrected chi connectivity index (χ0v) is 26.3. The Morgan fingerprint density at radius 1 is 0.733 bits per heavy atom. The van der Waals surface area contributed by atoms with Gasteiger partial charge in [0.1, 0.15) is 11.8 Å². The number of nitrogens with one attached hydrogen (secondary N) is 1. The van der Waals surface area contributed by atoms with Gasteiger partial charge in [-0.2, -0.15) is 13.9 Å². The molecule has 3 aromatic carbocycles. The van der Waals surface area contributed by atoms with E-state index in [0.29, 0.717) is 5.56 Å². The number of rotatable bonds is 19. The predicted molar refractivity (Wildman–Crippen MR) is 161 cm³/mol. The Kier molecular flexibility index (Phi) is 14.3. The van der Waals surface area contributed by atoms with Crippen LogP contribution in [0.15, 0.2) is 60.7 Å². The van der Waals surface area contributed by atoms with E-state index in [2.05, 4.69) is 18.9 Å². The van der Waals surface area contributed by atoms with Gasteiger partial charge < -0.3 is 13.8 Å². The zero-order chi connectivity index (χ0) is 32.8. The molecule has 0 unspecified atom stereocenters. The van der Waals surface area contributed by atoms with E-state index in [1.807, 2.05) is 0 Å². The van der Waals surface area contributed by atoms with Crippen molar-refractivity contribution in [2.24, 2.45) is 5.92 Å². The number of unbranched alkanes of at least 4 members (excludes halogenated alkanes) is 4. The number of para-hydroxylation sites is 1. The number of carbonyl (C=O) groups excluding carboxylic acids is 1. The first-order valence-corrected chi connectivity index (χ1v) is 16.7. The smallest absolute Gasteiger partial charge is 0.464 e. The quantitative estimate of drug-likeness (QED) is 0.0346. The summed E-state index contributed by atoms with van der Waals surface area (Å²) in [5.41, 5.74) is 0.594. The van der Waals surface area contributed by atoms with Gasteiger partial charge in [0.15, 0.2) is 0 Å². The third-order valence-corrected chi connectivity index (χ3v) is 8.63. The molecule has 2 atom stereocenters. The summed E-state index contributed by atoms with van der Waals surface area (Å²) in [5.74, 6) is -14.4. The first kappa shape index (κ1) is 36.0. The molecule has 6 nitrogen and oxygen atoms in total. The Balaban J connectivity index is 1.94. The van der Waals surface area contributed by atoms with E-state index < -0.39 is 54.6 Å². The summed E-state index contributed by atoms with van der Waals surface area (Å²) < 4.78 is 101. The van der Waals surface area contributed by atoms with E-state index in [1.165, 1.54) is 24.3 Å². The topological polar surface area (TPSA) is 73.9 Å². The number of halogens is 5. The van der Waals surface area contributed by atoms with E-state index >= 15 is 0 Å². The average Bonchev–Trinajstić information content (AvgIpc) is 3.04. The molecule has 0 aliphatic heterocycles. The van der Waals surface area contributed by atoms with Gasteiger partial charge in [-0.15, -0.1) is 0 Å². The van der Waals surface area contributed by atoms with Gasteiger partial charge in [0, 0.05) is 0 Å². The fraction of sp³-hybridized carbons (Fsp3) is 0.424. The molecule has 0 heterocycles. The van der Waals surface area contributed by atoms with Crippen LogP contribution in [0, 0.1) is 35.0 Å². The molecule has 12 heteroatoms. The van der Waals surface area contributed by atoms with Gasteiger partial charge in [0.2, 0.25) is 34.8 Å². The van der Waals surface area contributed by atoms with Crippen molar-refractivity contribution in [3.05, 3.63) is 95.3 Å². The number of hydrogen-bond donors (Lipinski definition) is 1. The van der Waals surface area contributed by atoms with Crippen LogP contribution in [0.25, 0.3) is 0 Å². The summed E-state index contributed by atoms with van der Waals surface area (Å²) in [6.07, 6.45) is 7.63. The van der Waals surface area contributed by atoms with Gasteiger partial charge in [-0.05, 0) is 42.9 Å². The van der Waals surface area contributed by atoms with Gasteiger partial charge in [-0.1, -0.05) is 101 Å². The van der Waals surface area contributed by atoms with Gasteiger partial charge in [-0.3, -0.25) is 4.79 Å². The molecule has 0 radical (unpaired) electrons. The maximum absolute atomic E-state index is 14.6. The summed E-state index contributed by atoms with van der Waals surface area (Å²) in [6, 6.07) is 14.3. The molecular formula is C33H39F5NO5P. The Bertz CT molecular complexity index is 1370. The molecular weight excluding hydrogens is 616 g/mol. The number of benzene rings is 3. The highest BCUT2D eigenvalue weighted by Crippen LogP contribution is 2.48. The zero-order valence-electron chi connectivity index (χ0n) is 25.4. The number of hydrogen-bond acceptors (Lipinski definition) is 5. The molecule has 0 bridgehead atoms. The van der Waals surface area contributed by atoms with E-state index in [9.17, 15) is 31.3 Å². The highest BCUT2D eigenvalue weighted by atomic mass is 31.2. The summed E-state index contributed by atoms with van der Waals surface area (Å²) >= 11 is 0. The van der Waals surface area contributed by atoms with Crippen molar-refractivity contribution in [2.45, 2.75) is 77.7 Å². The van der Waals surface area contributed by atoms with Crippen molar-refractivity contribution in [3.8, 4) is 11.5 Å². The second-order valence-corrected chi connectivity index (χ2v) is 12.4. The minimum absolute atomic E-state index is 0.0846. The highest BCUT2D eigenvalue weighted by Gasteiger charge is 2.40. The largest absolute Gasteiger partial charge is 0.513 e. The summed E-state index contributed by atoms with van der Waals surface area (Å²) in [6.45, 7) is 4.27. The van der Waals surface area contributed by atoms with Crippen molar-refractivity contribution in [1.82, 2.24) is 5.09 Å². The van der Waals surface area contributed by atoms with Crippen molar-refractivity contribution in [2.75, 3.05) is 6.61 Å². The third kappa shape index (κ3) is 10.9. The van der Waals surface area contributed by atoms with Gasteiger partial charge >= 0.3 is 13.7 Å². The van der Waals surface area contributed by atoms with Crippen LogP contribution in [0.1, 0.15) is 70.8 Å². The van der Waals surface area contributed by atoms with E-state index in [1.54, 1.807) is 36.4 Å². The molecule has 3 aromatic rings. The minimum atomic E-state index is -5.10. The van der Waals surface area contributed by atoms with Crippen molar-refractivity contribution in [3.63, 3.8) is 0 Å². The van der Waals surface area contributed by atoms with Crippen LogP contribution in [0.5, 0.6) is 11.5 Å². The molecule has 0 aromatic heterocycles. The summed E-state index contributed by atoms with van der Waals surface area (Å²) in [4.78, 5) is 13.5. The van der Waals surface area contributed by atoms with Gasteiger partial charge in [-0.25, -0.2) is 17.7 Å². The molecule has 246 valence electrons. The minimum Gasteiger partial charge on any atom is -0.464 e. The molecule has 0 saturated heterocycles. The second kappa shape index (κ2) is 17.9. The van der Waals surface area contributed by atoms with Crippen LogP contribution in [-0.4, -0.2) is 18.6 Å². The molecule has 1 N–H and O–H groups in total. The Hall–Kier alpha value is -3.43. The maximum atomic E-state index is 14.6. The SMILES string of the molecule is CCCCCC(CCCCC)COC(=O)[C@H](Cc1ccccc1)N[P@](=O)(Oc1ccccc1)Oc1c(F)c(F)c(F)c(F)c1F. The molecule has 0 aliphatic carbocycles. The molecule has 0 aliphatic rings. The number of esters is 1. The van der Waals surface area contributed by atoms with Crippen LogP contribution in [-0.2, 0) is 20.5 Å². The standard InChI is InChI=1S/C33H39F5NO5P/c1-3-5-9-17-24(18-10-6-4-2)22-42-33(40)26(21-23-15-11-7-12-16-23)39-45(41,43-25-19-13-8-14-20-25)44-32-30(37)28(35)27(34)29(36)31(32)38/h7-8,11-16,19-20,24,26H,3-6,9-10,17-18,21-22H2,1-2H3,(H,39,41)/t26-,45-/m0/s1. The monoisotopic (exact) mass is 655 g/mol. The normalized spacial score (nSPS) is 13.3. The Morgan fingerprint density at radius 3 is 1.78 bits per heavy atom. The first-order valence-electron chi connectivity index (χ1n) is 15.1. The molecule has 0 spiro atoms. The second-order valence-electron chi connectivity index (χ2n) is 10.8. The lowest BCUT2D eigenvalue weighted by molar-refractivity contribution is -0.147. The van der Waals surface area contributed by atoms with E-state index in [4.69, 9.17) is 13.8 Å². The highest BCUT2D eigenvalue weighted by molar-refractivity contribution is 7.52. The molecule has 3 rings (SSSR count). The van der Waals surface area contributed by atoms with Crippen LogP contribution in [0.2, 0.25) is 0 Å². The van der Waals surface area contributed by atoms with E-state index in [-0.39, 0.29) is 24.7 Å². The maximum Gasteiger partial charge on any atom is 0.513 e. The lowest BCUT2D eigenvalue weighted by Gasteiger charge is -2.26. The molecule has 0 fully saturated rings. The Morgan fingerprint density at radius 2 is 1.24 bits per heavy atom. The molecule has 0 amide bonds. The lowest BCUT2D eigenvalue weighted by Crippen LogP contribution is -2.40. The van der Waals surface area contributed by atoms with Crippen LogP contribution < -0.4 is 14.1 Å². The third-order valence-electron chi connectivity index (χ3n) is 7.12. The lowest BCUT2D eigenvalue weighted by atomic mass is 9.96. The molecule has 45 heavy (non-hydrogen) atoms. The first-order chi connectivity index (χ1) is 21.6. The summed E-state index contributed by atoms with van der Waals surface area (Å²) in [7, 11) is -5.10. The fourth-order valence-corrected chi connectivity index (χ4v) is 6.20. The predicted octanol–water partition coefficient (Wildman–Crippen LogP) is 9.47. The van der Waals surface area contributed by atoms with Gasteiger partial charge in [0.25, 0.3) is 0 Å². The fourth-order valence-electron chi connectivity index (χ4n) is 4.68. The molecule has 0 saturated carbocycles. The van der Waals surface area contributed by atoms with Crippen molar-refractivity contribution in [1.29, 1.82) is 0 Å². The summed E-state index contributed by atoms with van der Waals surface area (Å²) in [5, 5.41) is 2.38. The van der Waals surface area contributed by atoms with E-state index in [0.717, 1.165) is 51.4 Å². The van der Waals surface area contributed by atoms with Gasteiger partial charge in [0.05, 0.1) is 6.61 Å². The Labute approximate surface area is 260 Å². The number of carbonyl (C=O) groups is 1.